The molecule has 0 fully saturated rings. The lowest BCUT2D eigenvalue weighted by atomic mass is 10.1. The molecule has 0 bridgehead atoms. The number of fused-ring (bicyclic) bond motifs is 1. The molecule has 2 rings (SSSR count). The Kier molecular flexibility index (Phi) is 4.85. The summed E-state index contributed by atoms with van der Waals surface area (Å²) in [5.41, 5.74) is 0.752. The Labute approximate surface area is 127 Å². The maximum atomic E-state index is 11.7. The summed E-state index contributed by atoms with van der Waals surface area (Å²) in [5, 5.41) is 0.796. The number of carbonyl (C=O) groups excluding carboxylic acids is 1. The summed E-state index contributed by atoms with van der Waals surface area (Å²) in [6.45, 7) is 4.73. The van der Waals surface area contributed by atoms with Crippen LogP contribution in [-0.4, -0.2) is 31.3 Å². The number of pyridine rings is 1. The molecule has 1 aromatic carbocycles. The van der Waals surface area contributed by atoms with Crippen LogP contribution in [0.4, 0.5) is 0 Å². The molecule has 5 nitrogen and oxygen atoms in total. The van der Waals surface area contributed by atoms with Crippen LogP contribution in [-0.2, 0) is 4.74 Å². The summed E-state index contributed by atoms with van der Waals surface area (Å²) in [4.78, 5) is 16.0. The van der Waals surface area contributed by atoms with Crippen molar-refractivity contribution in [2.24, 2.45) is 0 Å². The van der Waals surface area contributed by atoms with Crippen molar-refractivity contribution in [1.29, 1.82) is 0 Å². The first kappa shape index (κ1) is 15.4. The fourth-order valence-electron chi connectivity index (χ4n) is 2.01. The lowest BCUT2D eigenvalue weighted by Gasteiger charge is -2.13. The number of esters is 1. The molecular formula is C15H16ClNO4. The molecule has 1 aromatic heterocycles. The van der Waals surface area contributed by atoms with Gasteiger partial charge in [-0.25, -0.2) is 4.79 Å². The Hall–Kier alpha value is -2.01. The maximum absolute atomic E-state index is 11.7. The third-order valence-electron chi connectivity index (χ3n) is 2.89. The number of benzene rings is 1. The number of rotatable bonds is 5. The van der Waals surface area contributed by atoms with Gasteiger partial charge in [0.05, 0.1) is 36.3 Å². The Balaban J connectivity index is 2.75. The van der Waals surface area contributed by atoms with Crippen molar-refractivity contribution in [3.05, 3.63) is 28.9 Å². The molecule has 112 valence electrons. The highest BCUT2D eigenvalue weighted by molar-refractivity contribution is 6.39. The first-order chi connectivity index (χ1) is 10.1. The molecule has 0 spiro atoms. The van der Waals surface area contributed by atoms with E-state index < -0.39 is 5.97 Å². The number of hydrogen-bond acceptors (Lipinski definition) is 5. The van der Waals surface area contributed by atoms with E-state index in [1.54, 1.807) is 12.1 Å². The Bertz CT molecular complexity index is 672. The minimum Gasteiger partial charge on any atom is -0.493 e. The monoisotopic (exact) mass is 309 g/mol. The fourth-order valence-corrected chi connectivity index (χ4v) is 2.32. The lowest BCUT2D eigenvalue weighted by Crippen LogP contribution is -2.05. The molecule has 0 saturated heterocycles. The first-order valence-corrected chi connectivity index (χ1v) is 6.96. The number of carbonyl (C=O) groups is 1. The van der Waals surface area contributed by atoms with Crippen molar-refractivity contribution in [3.63, 3.8) is 0 Å². The van der Waals surface area contributed by atoms with Crippen molar-refractivity contribution in [3.8, 4) is 11.5 Å². The molecule has 0 N–H and O–H groups in total. The van der Waals surface area contributed by atoms with Gasteiger partial charge in [-0.2, -0.15) is 0 Å². The zero-order valence-corrected chi connectivity index (χ0v) is 12.9. The number of nitrogens with zero attached hydrogens (tertiary/aromatic N) is 1. The summed E-state index contributed by atoms with van der Waals surface area (Å²) < 4.78 is 15.8. The summed E-state index contributed by atoms with van der Waals surface area (Å²) in [6, 6.07) is 3.53. The Morgan fingerprint density at radius 1 is 1.19 bits per heavy atom. The fraction of sp³-hybridized carbons (Fsp3) is 0.333. The van der Waals surface area contributed by atoms with Gasteiger partial charge in [-0.3, -0.25) is 4.98 Å². The Morgan fingerprint density at radius 3 is 2.43 bits per heavy atom. The molecule has 6 heteroatoms. The molecular weight excluding hydrogens is 294 g/mol. The average Bonchev–Trinajstić information content (AvgIpc) is 2.49. The third-order valence-corrected chi connectivity index (χ3v) is 3.28. The van der Waals surface area contributed by atoms with Crippen molar-refractivity contribution in [2.45, 2.75) is 13.8 Å². The minimum absolute atomic E-state index is 0.196. The van der Waals surface area contributed by atoms with E-state index >= 15 is 0 Å². The van der Waals surface area contributed by atoms with Gasteiger partial charge in [0.1, 0.15) is 17.0 Å². The highest BCUT2D eigenvalue weighted by atomic mass is 35.5. The minimum atomic E-state index is -0.543. The molecule has 0 aliphatic carbocycles. The van der Waals surface area contributed by atoms with Crippen LogP contribution in [0.3, 0.4) is 0 Å². The summed E-state index contributed by atoms with van der Waals surface area (Å²) in [7, 11) is 1.29. The second-order valence-corrected chi connectivity index (χ2v) is 4.51. The van der Waals surface area contributed by atoms with E-state index in [1.165, 1.54) is 13.3 Å². The smallest absolute Gasteiger partial charge is 0.340 e. The summed E-state index contributed by atoms with van der Waals surface area (Å²) in [6.07, 6.45) is 1.38. The van der Waals surface area contributed by atoms with E-state index in [2.05, 4.69) is 4.98 Å². The quantitative estimate of drug-likeness (QED) is 0.791. The highest BCUT2D eigenvalue weighted by Gasteiger charge is 2.19. The normalized spacial score (nSPS) is 10.5. The predicted molar refractivity (Wildman–Crippen MR) is 80.4 cm³/mol. The van der Waals surface area contributed by atoms with Crippen LogP contribution in [0.25, 0.3) is 10.9 Å². The van der Waals surface area contributed by atoms with Crippen molar-refractivity contribution < 1.29 is 19.0 Å². The van der Waals surface area contributed by atoms with E-state index in [0.717, 1.165) is 0 Å². The van der Waals surface area contributed by atoms with E-state index in [9.17, 15) is 4.79 Å². The second-order valence-electron chi connectivity index (χ2n) is 4.13. The van der Waals surface area contributed by atoms with E-state index in [4.69, 9.17) is 25.8 Å². The van der Waals surface area contributed by atoms with Gasteiger partial charge in [0.2, 0.25) is 0 Å². The lowest BCUT2D eigenvalue weighted by molar-refractivity contribution is 0.0600. The standard InChI is InChI=1S/C15H16ClNO4/c1-4-20-10-6-7-11(21-5-2)14-12(10)13(16)9(8-17-14)15(18)19-3/h6-8H,4-5H2,1-3H3. The molecule has 0 atom stereocenters. The van der Waals surface area contributed by atoms with Crippen LogP contribution >= 0.6 is 11.6 Å². The maximum Gasteiger partial charge on any atom is 0.340 e. The molecule has 0 saturated carbocycles. The number of ether oxygens (including phenoxy) is 3. The van der Waals surface area contributed by atoms with E-state index in [-0.39, 0.29) is 10.6 Å². The number of aromatic nitrogens is 1. The number of hydrogen-bond donors (Lipinski definition) is 0. The SMILES string of the molecule is CCOc1ccc(OCC)c2c(Cl)c(C(=O)OC)cnc12. The largest absolute Gasteiger partial charge is 0.493 e. The van der Waals surface area contributed by atoms with Gasteiger partial charge in [-0.15, -0.1) is 0 Å². The van der Waals surface area contributed by atoms with Gasteiger partial charge in [-0.05, 0) is 26.0 Å². The van der Waals surface area contributed by atoms with Crippen molar-refractivity contribution in [1.82, 2.24) is 4.98 Å². The molecule has 2 aromatic rings. The number of methoxy groups -OCH3 is 1. The topological polar surface area (TPSA) is 57.7 Å². The van der Waals surface area contributed by atoms with Gasteiger partial charge < -0.3 is 14.2 Å². The van der Waals surface area contributed by atoms with Crippen LogP contribution in [0.2, 0.25) is 5.02 Å². The van der Waals surface area contributed by atoms with Gasteiger partial charge in [0, 0.05) is 6.20 Å². The zero-order chi connectivity index (χ0) is 15.4. The molecule has 0 amide bonds. The summed E-state index contributed by atoms with van der Waals surface area (Å²) in [5.74, 6) is 0.604. The van der Waals surface area contributed by atoms with Crippen LogP contribution in [0, 0.1) is 0 Å². The van der Waals surface area contributed by atoms with E-state index in [0.29, 0.717) is 35.6 Å². The number of halogens is 1. The van der Waals surface area contributed by atoms with Gasteiger partial charge in [0.15, 0.2) is 0 Å². The van der Waals surface area contributed by atoms with Gasteiger partial charge >= 0.3 is 5.97 Å². The predicted octanol–water partition coefficient (Wildman–Crippen LogP) is 3.47. The molecule has 0 aliphatic rings. The van der Waals surface area contributed by atoms with Crippen molar-refractivity contribution in [2.75, 3.05) is 20.3 Å². The third kappa shape index (κ3) is 2.88. The zero-order valence-electron chi connectivity index (χ0n) is 12.1. The molecule has 21 heavy (non-hydrogen) atoms. The summed E-state index contributed by atoms with van der Waals surface area (Å²) >= 11 is 6.35. The Morgan fingerprint density at radius 2 is 1.81 bits per heavy atom. The molecule has 0 radical (unpaired) electrons. The average molecular weight is 310 g/mol. The first-order valence-electron chi connectivity index (χ1n) is 6.59. The second kappa shape index (κ2) is 6.63. The molecule has 0 aliphatic heterocycles. The van der Waals surface area contributed by atoms with Gasteiger partial charge in [-0.1, -0.05) is 11.6 Å². The van der Waals surface area contributed by atoms with E-state index in [1.807, 2.05) is 13.8 Å². The van der Waals surface area contributed by atoms with Crippen LogP contribution in [0.1, 0.15) is 24.2 Å². The molecule has 1 heterocycles. The van der Waals surface area contributed by atoms with Crippen LogP contribution < -0.4 is 9.47 Å². The van der Waals surface area contributed by atoms with Crippen LogP contribution in [0.5, 0.6) is 11.5 Å². The highest BCUT2D eigenvalue weighted by Crippen LogP contribution is 2.38. The molecule has 0 unspecified atom stereocenters. The van der Waals surface area contributed by atoms with Crippen molar-refractivity contribution >= 4 is 28.5 Å². The van der Waals surface area contributed by atoms with Gasteiger partial charge in [0.25, 0.3) is 0 Å². The van der Waals surface area contributed by atoms with Crippen LogP contribution in [0.15, 0.2) is 18.3 Å².